The molecular formula is C58H107NO13. The van der Waals surface area contributed by atoms with Crippen LogP contribution in [0.25, 0.3) is 0 Å². The lowest BCUT2D eigenvalue weighted by atomic mass is 9.97. The molecule has 2 heterocycles. The summed E-state index contributed by atoms with van der Waals surface area (Å²) in [6, 6.07) is -0.921. The molecule has 2 saturated heterocycles. The lowest BCUT2D eigenvalue weighted by Crippen LogP contribution is -2.65. The summed E-state index contributed by atoms with van der Waals surface area (Å²) in [6.07, 6.45) is 36.2. The number of hydrogen-bond acceptors (Lipinski definition) is 13. The van der Waals surface area contributed by atoms with Crippen LogP contribution >= 0.6 is 0 Å². The maximum Gasteiger partial charge on any atom is 0.220 e. The topological polar surface area (TPSA) is 228 Å². The number of aliphatic hydroxyl groups is 8. The number of aliphatic hydroxyl groups excluding tert-OH is 8. The summed E-state index contributed by atoms with van der Waals surface area (Å²) in [5.41, 5.74) is 0. The van der Waals surface area contributed by atoms with Gasteiger partial charge in [-0.15, -0.1) is 0 Å². The van der Waals surface area contributed by atoms with Crippen molar-refractivity contribution in [3.63, 3.8) is 0 Å². The highest BCUT2D eigenvalue weighted by Gasteiger charge is 2.51. The number of ether oxygens (including phenoxy) is 4. The fraction of sp³-hybridized carbons (Fsp3) is 0.879. The van der Waals surface area contributed by atoms with Gasteiger partial charge in [0.05, 0.1) is 32.0 Å². The van der Waals surface area contributed by atoms with Crippen LogP contribution in [-0.4, -0.2) is 140 Å². The SMILES string of the molecule is CCC/C=C\C/C=C\CCCCCCCC(=O)NC(COC1OC(CO)C(OC2OC(CO)C(O)C(O)C2O)C(O)C1O)C(O)/C=C/CCCCCCCCCCCCCCCCCCCCCCCCC. The van der Waals surface area contributed by atoms with Gasteiger partial charge in [0.1, 0.15) is 48.8 Å². The predicted molar refractivity (Wildman–Crippen MR) is 286 cm³/mol. The minimum Gasteiger partial charge on any atom is -0.394 e. The second kappa shape index (κ2) is 44.3. The molecule has 72 heavy (non-hydrogen) atoms. The average Bonchev–Trinajstić information content (AvgIpc) is 3.38. The number of rotatable bonds is 46. The van der Waals surface area contributed by atoms with Crippen LogP contribution in [0.15, 0.2) is 36.5 Å². The maximum absolute atomic E-state index is 13.2. The molecule has 9 N–H and O–H groups in total. The fourth-order valence-corrected chi connectivity index (χ4v) is 9.57. The second-order valence-corrected chi connectivity index (χ2v) is 20.8. The summed E-state index contributed by atoms with van der Waals surface area (Å²) in [5.74, 6) is -0.253. The minimum absolute atomic E-state index is 0.253. The summed E-state index contributed by atoms with van der Waals surface area (Å²) in [5, 5.41) is 87.0. The van der Waals surface area contributed by atoms with E-state index in [9.17, 15) is 45.6 Å². The largest absolute Gasteiger partial charge is 0.394 e. The van der Waals surface area contributed by atoms with Crippen molar-refractivity contribution in [2.45, 2.75) is 306 Å². The Kier molecular flexibility index (Phi) is 40.9. The molecule has 0 aromatic carbocycles. The number of allylic oxidation sites excluding steroid dienone is 5. The van der Waals surface area contributed by atoms with E-state index in [4.69, 9.17) is 18.9 Å². The zero-order chi connectivity index (χ0) is 52.4. The number of unbranched alkanes of at least 4 members (excludes halogenated alkanes) is 29. The van der Waals surface area contributed by atoms with Crippen LogP contribution < -0.4 is 5.32 Å². The quantitative estimate of drug-likeness (QED) is 0.0205. The first-order valence-corrected chi connectivity index (χ1v) is 29.2. The molecule has 12 unspecified atom stereocenters. The molecule has 0 aromatic rings. The molecular weight excluding hydrogens is 919 g/mol. The summed E-state index contributed by atoms with van der Waals surface area (Å²) in [4.78, 5) is 13.2. The van der Waals surface area contributed by atoms with Crippen LogP contribution in [-0.2, 0) is 23.7 Å². The Labute approximate surface area is 436 Å². The van der Waals surface area contributed by atoms with Crippen molar-refractivity contribution in [2.24, 2.45) is 0 Å². The third-order valence-electron chi connectivity index (χ3n) is 14.3. The smallest absolute Gasteiger partial charge is 0.220 e. The van der Waals surface area contributed by atoms with E-state index in [1.807, 2.05) is 6.08 Å². The first-order valence-electron chi connectivity index (χ1n) is 29.2. The molecule has 0 spiro atoms. The molecule has 14 nitrogen and oxygen atoms in total. The predicted octanol–water partition coefficient (Wildman–Crippen LogP) is 9.44. The molecule has 422 valence electrons. The van der Waals surface area contributed by atoms with Crippen LogP contribution in [0.3, 0.4) is 0 Å². The van der Waals surface area contributed by atoms with Gasteiger partial charge in [0.2, 0.25) is 5.91 Å². The number of carbonyl (C=O) groups excluding carboxylic acids is 1. The van der Waals surface area contributed by atoms with E-state index < -0.39 is 86.8 Å². The zero-order valence-electron chi connectivity index (χ0n) is 45.2. The molecule has 2 rings (SSSR count). The number of nitrogens with one attached hydrogen (secondary N) is 1. The van der Waals surface area contributed by atoms with Gasteiger partial charge >= 0.3 is 0 Å². The third kappa shape index (κ3) is 30.1. The number of amides is 1. The van der Waals surface area contributed by atoms with Gasteiger partial charge in [0.25, 0.3) is 0 Å². The van der Waals surface area contributed by atoms with Crippen molar-refractivity contribution in [1.29, 1.82) is 0 Å². The molecule has 1 amide bonds. The summed E-state index contributed by atoms with van der Waals surface area (Å²) in [7, 11) is 0. The van der Waals surface area contributed by atoms with Gasteiger partial charge in [-0.25, -0.2) is 0 Å². The van der Waals surface area contributed by atoms with E-state index in [-0.39, 0.29) is 18.9 Å². The van der Waals surface area contributed by atoms with E-state index >= 15 is 0 Å². The van der Waals surface area contributed by atoms with Gasteiger partial charge in [0.15, 0.2) is 12.6 Å². The molecule has 12 atom stereocenters. The Morgan fingerprint density at radius 3 is 1.44 bits per heavy atom. The van der Waals surface area contributed by atoms with Crippen LogP contribution in [0.1, 0.15) is 232 Å². The molecule has 0 aromatic heterocycles. The van der Waals surface area contributed by atoms with Gasteiger partial charge in [-0.2, -0.15) is 0 Å². The Hall–Kier alpha value is -1.79. The maximum atomic E-state index is 13.2. The Bertz CT molecular complexity index is 1350. The Balaban J connectivity index is 1.75. The van der Waals surface area contributed by atoms with Crippen molar-refractivity contribution in [1.82, 2.24) is 5.32 Å². The summed E-state index contributed by atoms with van der Waals surface area (Å²) >= 11 is 0. The van der Waals surface area contributed by atoms with E-state index in [0.29, 0.717) is 6.42 Å². The van der Waals surface area contributed by atoms with Crippen LogP contribution in [0.2, 0.25) is 0 Å². The van der Waals surface area contributed by atoms with E-state index in [1.165, 1.54) is 135 Å². The van der Waals surface area contributed by atoms with Crippen LogP contribution in [0.4, 0.5) is 0 Å². The van der Waals surface area contributed by atoms with Gasteiger partial charge in [0, 0.05) is 6.42 Å². The normalized spacial score (nSPS) is 25.8. The van der Waals surface area contributed by atoms with E-state index in [0.717, 1.165) is 70.6 Å². The van der Waals surface area contributed by atoms with Gasteiger partial charge in [-0.1, -0.05) is 217 Å². The van der Waals surface area contributed by atoms with Gasteiger partial charge in [-0.3, -0.25) is 4.79 Å². The van der Waals surface area contributed by atoms with Crippen molar-refractivity contribution in [3.8, 4) is 0 Å². The molecule has 14 heteroatoms. The third-order valence-corrected chi connectivity index (χ3v) is 14.3. The zero-order valence-corrected chi connectivity index (χ0v) is 45.2. The highest BCUT2D eigenvalue weighted by Crippen LogP contribution is 2.30. The molecule has 2 fully saturated rings. The lowest BCUT2D eigenvalue weighted by Gasteiger charge is -2.46. The van der Waals surface area contributed by atoms with Crippen molar-refractivity contribution < 1.29 is 64.6 Å². The molecule has 0 radical (unpaired) electrons. The summed E-state index contributed by atoms with van der Waals surface area (Å²) in [6.45, 7) is 2.73. The molecule has 2 aliphatic rings. The highest BCUT2D eigenvalue weighted by molar-refractivity contribution is 5.76. The first-order chi connectivity index (χ1) is 35.1. The number of carbonyl (C=O) groups is 1. The van der Waals surface area contributed by atoms with Crippen molar-refractivity contribution in [3.05, 3.63) is 36.5 Å². The lowest BCUT2D eigenvalue weighted by molar-refractivity contribution is -0.359. The van der Waals surface area contributed by atoms with Crippen LogP contribution in [0.5, 0.6) is 0 Å². The molecule has 0 aliphatic carbocycles. The second-order valence-electron chi connectivity index (χ2n) is 20.8. The number of hydrogen-bond donors (Lipinski definition) is 9. The van der Waals surface area contributed by atoms with Gasteiger partial charge in [-0.05, 0) is 44.9 Å². The van der Waals surface area contributed by atoms with Crippen LogP contribution in [0, 0.1) is 0 Å². The monoisotopic (exact) mass is 1030 g/mol. The Morgan fingerprint density at radius 2 is 0.944 bits per heavy atom. The Morgan fingerprint density at radius 1 is 0.500 bits per heavy atom. The van der Waals surface area contributed by atoms with E-state index in [1.54, 1.807) is 6.08 Å². The highest BCUT2D eigenvalue weighted by atomic mass is 16.7. The fourth-order valence-electron chi connectivity index (χ4n) is 9.57. The standard InChI is InChI=1S/C58H107NO13/c1-3-5-7-9-11-13-15-17-18-19-20-21-22-23-24-25-26-27-28-30-31-33-35-37-39-41-47(62)46(59-50(63)42-40-38-36-34-32-29-16-14-12-10-8-6-4-2)45-69-57-55(68)53(66)56(49(44-61)71-57)72-58-54(67)52(65)51(64)48(43-60)70-58/h8,10,14,16,39,41,46-49,51-58,60-62,64-68H,3-7,9,11-13,15,17-38,40,42-45H2,1-2H3,(H,59,63)/b10-8-,16-14-,41-39+. The van der Waals surface area contributed by atoms with E-state index in [2.05, 4.69) is 43.5 Å². The summed E-state index contributed by atoms with van der Waals surface area (Å²) < 4.78 is 22.7. The molecule has 0 bridgehead atoms. The van der Waals surface area contributed by atoms with Gasteiger partial charge < -0.3 is 65.1 Å². The average molecular weight is 1030 g/mol. The first kappa shape index (κ1) is 66.3. The minimum atomic E-state index is -1.79. The van der Waals surface area contributed by atoms with Crippen molar-refractivity contribution >= 4 is 5.91 Å². The molecule has 2 aliphatic heterocycles. The molecule has 0 saturated carbocycles. The van der Waals surface area contributed by atoms with Crippen molar-refractivity contribution in [2.75, 3.05) is 19.8 Å².